The fourth-order valence-electron chi connectivity index (χ4n) is 3.50. The number of methoxy groups -OCH3 is 2. The number of carbonyl (C=O) groups excluding carboxylic acids is 1. The quantitative estimate of drug-likeness (QED) is 0.434. The fraction of sp³-hybridized carbons (Fsp3) is 0.381. The number of hydrogen-bond donors (Lipinski definition) is 0. The second kappa shape index (κ2) is 9.11. The van der Waals surface area contributed by atoms with Gasteiger partial charge in [-0.25, -0.2) is 0 Å². The third kappa shape index (κ3) is 4.85. The highest BCUT2D eigenvalue weighted by Crippen LogP contribution is 2.43. The Bertz CT molecular complexity index is 806. The van der Waals surface area contributed by atoms with Crippen molar-refractivity contribution in [3.63, 3.8) is 0 Å². The molecule has 0 saturated heterocycles. The van der Waals surface area contributed by atoms with E-state index in [2.05, 4.69) is 37.9 Å². The fourth-order valence-corrected chi connectivity index (χ4v) is 4.94. The summed E-state index contributed by atoms with van der Waals surface area (Å²) in [5.41, 5.74) is 2.05. The van der Waals surface area contributed by atoms with Gasteiger partial charge in [0.1, 0.15) is 11.5 Å². The molecule has 3 rings (SSSR count). The van der Waals surface area contributed by atoms with Crippen molar-refractivity contribution in [1.29, 1.82) is 0 Å². The summed E-state index contributed by atoms with van der Waals surface area (Å²) < 4.78 is 18.0. The molecule has 27 heavy (non-hydrogen) atoms. The van der Waals surface area contributed by atoms with E-state index in [0.717, 1.165) is 26.0 Å². The van der Waals surface area contributed by atoms with E-state index in [1.54, 1.807) is 7.11 Å². The van der Waals surface area contributed by atoms with Gasteiger partial charge in [-0.3, -0.25) is 4.79 Å². The first-order chi connectivity index (χ1) is 13.0. The maximum atomic E-state index is 11.5. The molecule has 0 heterocycles. The first-order valence-electron chi connectivity index (χ1n) is 8.92. The van der Waals surface area contributed by atoms with Crippen LogP contribution >= 0.6 is 31.9 Å². The molecule has 0 N–H and O–H groups in total. The summed E-state index contributed by atoms with van der Waals surface area (Å²) in [5.74, 6) is 2.60. The monoisotopic (exact) mass is 496 g/mol. The van der Waals surface area contributed by atoms with Crippen LogP contribution in [0.15, 0.2) is 39.3 Å². The van der Waals surface area contributed by atoms with Crippen LogP contribution in [0.25, 0.3) is 0 Å². The molecular formula is C21H22Br2O4. The van der Waals surface area contributed by atoms with E-state index in [-0.39, 0.29) is 12.4 Å². The molecule has 0 spiro atoms. The van der Waals surface area contributed by atoms with Crippen LogP contribution in [0.2, 0.25) is 0 Å². The number of rotatable bonds is 6. The second-order valence-electron chi connectivity index (χ2n) is 6.63. The van der Waals surface area contributed by atoms with Gasteiger partial charge >= 0.3 is 5.97 Å². The zero-order valence-electron chi connectivity index (χ0n) is 15.4. The molecule has 0 atom stereocenters. The van der Waals surface area contributed by atoms with E-state index < -0.39 is 0 Å². The average Bonchev–Trinajstić information content (AvgIpc) is 3.19. The zero-order chi connectivity index (χ0) is 19.4. The highest BCUT2D eigenvalue weighted by molar-refractivity contribution is 9.11. The molecule has 1 aliphatic rings. The molecule has 4 nitrogen and oxygen atoms in total. The zero-order valence-corrected chi connectivity index (χ0v) is 18.6. The Hall–Kier alpha value is -1.53. The molecule has 0 bridgehead atoms. The number of halogens is 2. The normalized spacial score (nSPS) is 14.2. The summed E-state index contributed by atoms with van der Waals surface area (Å²) >= 11 is 7.10. The molecule has 0 amide bonds. The van der Waals surface area contributed by atoms with Gasteiger partial charge in [0.25, 0.3) is 0 Å². The Morgan fingerprint density at radius 3 is 2.33 bits per heavy atom. The van der Waals surface area contributed by atoms with E-state index >= 15 is 0 Å². The van der Waals surface area contributed by atoms with E-state index in [9.17, 15) is 4.79 Å². The molecular weight excluding hydrogens is 476 g/mol. The molecule has 6 heteroatoms. The Kier molecular flexibility index (Phi) is 6.82. The van der Waals surface area contributed by atoms with Gasteiger partial charge in [-0.15, -0.1) is 0 Å². The Balaban J connectivity index is 1.86. The number of esters is 1. The van der Waals surface area contributed by atoms with Crippen molar-refractivity contribution in [1.82, 2.24) is 0 Å². The van der Waals surface area contributed by atoms with Crippen molar-refractivity contribution in [3.05, 3.63) is 50.4 Å². The van der Waals surface area contributed by atoms with Crippen molar-refractivity contribution in [3.8, 4) is 17.2 Å². The lowest BCUT2D eigenvalue weighted by atomic mass is 9.96. The van der Waals surface area contributed by atoms with Crippen LogP contribution in [0.3, 0.4) is 0 Å². The average molecular weight is 498 g/mol. The third-order valence-electron chi connectivity index (χ3n) is 4.85. The van der Waals surface area contributed by atoms with Crippen molar-refractivity contribution in [2.24, 2.45) is 0 Å². The number of ether oxygens (including phenoxy) is 3. The van der Waals surface area contributed by atoms with Crippen LogP contribution in [0.5, 0.6) is 17.2 Å². The molecule has 1 fully saturated rings. The summed E-state index contributed by atoms with van der Waals surface area (Å²) in [6, 6.07) is 9.71. The maximum Gasteiger partial charge on any atom is 0.309 e. The minimum absolute atomic E-state index is 0.211. The minimum atomic E-state index is -0.279. The van der Waals surface area contributed by atoms with Gasteiger partial charge in [-0.05, 0) is 86.5 Å². The molecule has 0 aliphatic heterocycles. The van der Waals surface area contributed by atoms with Gasteiger partial charge in [-0.2, -0.15) is 0 Å². The van der Waals surface area contributed by atoms with E-state index in [4.69, 9.17) is 14.2 Å². The van der Waals surface area contributed by atoms with Gasteiger partial charge in [0.2, 0.25) is 0 Å². The SMILES string of the molecule is COC(=O)Cc1cc(Br)c(Oc2ccc(OC)c(C3CCCC3)c2)c(Br)c1. The summed E-state index contributed by atoms with van der Waals surface area (Å²) in [7, 11) is 3.09. The van der Waals surface area contributed by atoms with E-state index in [1.807, 2.05) is 24.3 Å². The predicted octanol–water partition coefficient (Wildman–Crippen LogP) is 6.39. The lowest BCUT2D eigenvalue weighted by molar-refractivity contribution is -0.139. The van der Waals surface area contributed by atoms with Crippen molar-refractivity contribution >= 4 is 37.8 Å². The van der Waals surface area contributed by atoms with Crippen LogP contribution in [0.1, 0.15) is 42.7 Å². The minimum Gasteiger partial charge on any atom is -0.496 e. The second-order valence-corrected chi connectivity index (χ2v) is 8.34. The predicted molar refractivity (Wildman–Crippen MR) is 112 cm³/mol. The van der Waals surface area contributed by atoms with Crippen LogP contribution in [0.4, 0.5) is 0 Å². The molecule has 2 aromatic rings. The topological polar surface area (TPSA) is 44.8 Å². The highest BCUT2D eigenvalue weighted by Gasteiger charge is 2.22. The summed E-state index contributed by atoms with van der Waals surface area (Å²) in [6.45, 7) is 0. The van der Waals surface area contributed by atoms with E-state index in [0.29, 0.717) is 11.7 Å². The van der Waals surface area contributed by atoms with Crippen molar-refractivity contribution < 1.29 is 19.0 Å². The van der Waals surface area contributed by atoms with Crippen molar-refractivity contribution in [2.75, 3.05) is 14.2 Å². The summed E-state index contributed by atoms with van der Waals surface area (Å²) in [4.78, 5) is 11.5. The standard InChI is InChI=1S/C21H22Br2O4/c1-25-19-8-7-15(12-16(19)14-5-3-4-6-14)27-21-17(22)9-13(10-18(21)23)11-20(24)26-2/h7-10,12,14H,3-6,11H2,1-2H3. The lowest BCUT2D eigenvalue weighted by Crippen LogP contribution is -2.04. The summed E-state index contributed by atoms with van der Waals surface area (Å²) in [5, 5.41) is 0. The molecule has 144 valence electrons. The Labute approximate surface area is 176 Å². The highest BCUT2D eigenvalue weighted by atomic mass is 79.9. The number of benzene rings is 2. The largest absolute Gasteiger partial charge is 0.496 e. The van der Waals surface area contributed by atoms with Gasteiger partial charge in [0.15, 0.2) is 5.75 Å². The van der Waals surface area contributed by atoms with Gasteiger partial charge < -0.3 is 14.2 Å². The molecule has 1 saturated carbocycles. The number of carbonyl (C=O) groups is 1. The number of hydrogen-bond acceptors (Lipinski definition) is 4. The van der Waals surface area contributed by atoms with Gasteiger partial charge in [0.05, 0.1) is 29.6 Å². The smallest absolute Gasteiger partial charge is 0.309 e. The molecule has 0 aromatic heterocycles. The summed E-state index contributed by atoms with van der Waals surface area (Å²) in [6.07, 6.45) is 5.11. The Morgan fingerprint density at radius 2 is 1.74 bits per heavy atom. The van der Waals surface area contributed by atoms with Gasteiger partial charge in [-0.1, -0.05) is 12.8 Å². The Morgan fingerprint density at radius 1 is 1.07 bits per heavy atom. The van der Waals surface area contributed by atoms with Gasteiger partial charge in [0, 0.05) is 5.56 Å². The molecule has 0 unspecified atom stereocenters. The molecule has 2 aromatic carbocycles. The third-order valence-corrected chi connectivity index (χ3v) is 6.03. The van der Waals surface area contributed by atoms with Crippen LogP contribution < -0.4 is 9.47 Å². The molecule has 0 radical (unpaired) electrons. The lowest BCUT2D eigenvalue weighted by Gasteiger charge is -2.17. The first kappa shape index (κ1) is 20.2. The molecule has 1 aliphatic carbocycles. The van der Waals surface area contributed by atoms with Crippen LogP contribution in [-0.4, -0.2) is 20.2 Å². The maximum absolute atomic E-state index is 11.5. The van der Waals surface area contributed by atoms with Crippen molar-refractivity contribution in [2.45, 2.75) is 38.0 Å². The van der Waals surface area contributed by atoms with Crippen LogP contribution in [-0.2, 0) is 16.0 Å². The first-order valence-corrected chi connectivity index (χ1v) is 10.5. The van der Waals surface area contributed by atoms with Crippen LogP contribution in [0, 0.1) is 0 Å². The van der Waals surface area contributed by atoms with E-state index in [1.165, 1.54) is 38.4 Å².